The number of carbonyl (C=O) groups excluding carboxylic acids is 2. The number of nitrogens with zero attached hydrogens (tertiary/aromatic N) is 1. The number of hydrogen-bond acceptors (Lipinski definition) is 2. The van der Waals surface area contributed by atoms with Gasteiger partial charge in [0.1, 0.15) is 6.04 Å². The molecule has 144 valence electrons. The topological polar surface area (TPSA) is 49.4 Å². The van der Waals surface area contributed by atoms with Crippen LogP contribution in [-0.4, -0.2) is 28.8 Å². The molecule has 0 saturated carbocycles. The van der Waals surface area contributed by atoms with Gasteiger partial charge >= 0.3 is 0 Å². The van der Waals surface area contributed by atoms with Crippen molar-refractivity contribution in [3.63, 3.8) is 0 Å². The maximum atomic E-state index is 13.0. The monoisotopic (exact) mass is 406 g/mol. The number of rotatable bonds is 7. The van der Waals surface area contributed by atoms with Gasteiger partial charge in [0.15, 0.2) is 0 Å². The van der Waals surface area contributed by atoms with E-state index in [4.69, 9.17) is 23.2 Å². The molecule has 0 aromatic heterocycles. The normalized spacial score (nSPS) is 11.9. The number of hydrogen-bond donors (Lipinski definition) is 1. The minimum atomic E-state index is -0.595. The molecule has 0 saturated heterocycles. The molecule has 0 heterocycles. The fourth-order valence-corrected chi connectivity index (χ4v) is 3.01. The minimum absolute atomic E-state index is 0.00343. The lowest BCUT2D eigenvalue weighted by Crippen LogP contribution is -2.49. The van der Waals surface area contributed by atoms with Gasteiger partial charge in [-0.25, -0.2) is 0 Å². The van der Waals surface area contributed by atoms with Gasteiger partial charge in [0.25, 0.3) is 0 Å². The Kier molecular flexibility index (Phi) is 7.69. The molecular weight excluding hydrogens is 383 g/mol. The van der Waals surface area contributed by atoms with E-state index < -0.39 is 6.04 Å². The van der Waals surface area contributed by atoms with E-state index in [1.807, 2.05) is 44.2 Å². The fourth-order valence-electron chi connectivity index (χ4n) is 2.69. The van der Waals surface area contributed by atoms with Crippen LogP contribution in [0.1, 0.15) is 31.9 Å². The predicted octanol–water partition coefficient (Wildman–Crippen LogP) is 4.48. The molecule has 0 spiro atoms. The number of carbonyl (C=O) groups is 2. The van der Waals surface area contributed by atoms with Crippen LogP contribution in [0.4, 0.5) is 0 Å². The van der Waals surface area contributed by atoms with Crippen LogP contribution in [0, 0.1) is 0 Å². The molecule has 0 aliphatic carbocycles. The molecule has 1 atom stereocenters. The van der Waals surface area contributed by atoms with Crippen molar-refractivity contribution in [3.05, 3.63) is 69.7 Å². The van der Waals surface area contributed by atoms with Crippen molar-refractivity contribution in [2.24, 2.45) is 0 Å². The summed E-state index contributed by atoms with van der Waals surface area (Å²) in [5.41, 5.74) is 1.72. The third kappa shape index (κ3) is 6.26. The molecule has 0 bridgehead atoms. The molecule has 2 aromatic rings. The highest BCUT2D eigenvalue weighted by molar-refractivity contribution is 6.42. The van der Waals surface area contributed by atoms with Crippen molar-refractivity contribution in [1.82, 2.24) is 10.2 Å². The summed E-state index contributed by atoms with van der Waals surface area (Å²) in [4.78, 5) is 27.1. The zero-order valence-corrected chi connectivity index (χ0v) is 17.2. The Morgan fingerprint density at radius 2 is 1.63 bits per heavy atom. The van der Waals surface area contributed by atoms with Crippen LogP contribution in [0.15, 0.2) is 48.5 Å². The zero-order chi connectivity index (χ0) is 20.0. The lowest BCUT2D eigenvalue weighted by molar-refractivity contribution is -0.140. The van der Waals surface area contributed by atoms with Gasteiger partial charge < -0.3 is 10.2 Å². The first-order valence-electron chi connectivity index (χ1n) is 8.85. The predicted molar refractivity (Wildman–Crippen MR) is 110 cm³/mol. The van der Waals surface area contributed by atoms with Gasteiger partial charge in [-0.3, -0.25) is 9.59 Å². The van der Waals surface area contributed by atoms with Crippen LogP contribution in [0.5, 0.6) is 0 Å². The number of benzene rings is 2. The Morgan fingerprint density at radius 3 is 2.22 bits per heavy atom. The molecule has 0 radical (unpaired) electrons. The van der Waals surface area contributed by atoms with Crippen molar-refractivity contribution in [2.45, 2.75) is 45.8 Å². The lowest BCUT2D eigenvalue weighted by atomic mass is 10.1. The third-order valence-electron chi connectivity index (χ3n) is 4.13. The van der Waals surface area contributed by atoms with E-state index in [-0.39, 0.29) is 24.3 Å². The second kappa shape index (κ2) is 9.77. The Balaban J connectivity index is 2.22. The van der Waals surface area contributed by atoms with Crippen molar-refractivity contribution < 1.29 is 9.59 Å². The summed E-state index contributed by atoms with van der Waals surface area (Å²) in [6.07, 6.45) is 0.142. The van der Waals surface area contributed by atoms with E-state index >= 15 is 0 Å². The molecule has 2 amide bonds. The Bertz CT molecular complexity index is 794. The highest BCUT2D eigenvalue weighted by Crippen LogP contribution is 2.23. The molecule has 27 heavy (non-hydrogen) atoms. The largest absolute Gasteiger partial charge is 0.352 e. The quantitative estimate of drug-likeness (QED) is 0.736. The Morgan fingerprint density at radius 1 is 0.963 bits per heavy atom. The number of halogens is 2. The smallest absolute Gasteiger partial charge is 0.242 e. The maximum Gasteiger partial charge on any atom is 0.242 e. The highest BCUT2D eigenvalue weighted by atomic mass is 35.5. The van der Waals surface area contributed by atoms with E-state index in [0.29, 0.717) is 16.6 Å². The standard InChI is InChI=1S/C21H24Cl2N2O2/c1-14(2)24-21(27)15(3)25(13-16-7-5-4-6-8-16)20(26)12-17-9-10-18(22)19(23)11-17/h4-11,14-15H,12-13H2,1-3H3,(H,24,27)/t15-/m0/s1. The van der Waals surface area contributed by atoms with Gasteiger partial charge in [-0.2, -0.15) is 0 Å². The van der Waals surface area contributed by atoms with E-state index in [9.17, 15) is 9.59 Å². The van der Waals surface area contributed by atoms with Gasteiger partial charge in [-0.05, 0) is 44.0 Å². The Labute approximate surface area is 170 Å². The molecule has 0 aliphatic heterocycles. The van der Waals surface area contributed by atoms with Gasteiger partial charge in [0, 0.05) is 12.6 Å². The van der Waals surface area contributed by atoms with Crippen LogP contribution in [0.25, 0.3) is 0 Å². The summed E-state index contributed by atoms with van der Waals surface area (Å²) in [5.74, 6) is -0.327. The molecule has 0 fully saturated rings. The summed E-state index contributed by atoms with van der Waals surface area (Å²) < 4.78 is 0. The van der Waals surface area contributed by atoms with Gasteiger partial charge in [0.2, 0.25) is 11.8 Å². The maximum absolute atomic E-state index is 13.0. The van der Waals surface area contributed by atoms with E-state index in [1.54, 1.807) is 30.0 Å². The first-order valence-corrected chi connectivity index (χ1v) is 9.61. The van der Waals surface area contributed by atoms with Crippen LogP contribution in [-0.2, 0) is 22.6 Å². The molecule has 6 heteroatoms. The Hall–Kier alpha value is -2.04. The van der Waals surface area contributed by atoms with Gasteiger partial charge in [0.05, 0.1) is 16.5 Å². The van der Waals surface area contributed by atoms with Crippen molar-refractivity contribution in [2.75, 3.05) is 0 Å². The minimum Gasteiger partial charge on any atom is -0.352 e. The lowest BCUT2D eigenvalue weighted by Gasteiger charge is -2.29. The SMILES string of the molecule is CC(C)NC(=O)[C@H](C)N(Cc1ccccc1)C(=O)Cc1ccc(Cl)c(Cl)c1. The molecule has 0 unspecified atom stereocenters. The van der Waals surface area contributed by atoms with Crippen LogP contribution in [0.2, 0.25) is 10.0 Å². The third-order valence-corrected chi connectivity index (χ3v) is 4.87. The average Bonchev–Trinajstić information content (AvgIpc) is 2.62. The highest BCUT2D eigenvalue weighted by Gasteiger charge is 2.26. The molecule has 4 nitrogen and oxygen atoms in total. The molecule has 2 rings (SSSR count). The van der Waals surface area contributed by atoms with E-state index in [0.717, 1.165) is 11.1 Å². The average molecular weight is 407 g/mol. The molecule has 1 N–H and O–H groups in total. The van der Waals surface area contributed by atoms with Crippen molar-refractivity contribution in [1.29, 1.82) is 0 Å². The fraction of sp³-hybridized carbons (Fsp3) is 0.333. The summed E-state index contributed by atoms with van der Waals surface area (Å²) in [7, 11) is 0. The first-order chi connectivity index (χ1) is 12.8. The first kappa shape index (κ1) is 21.3. The van der Waals surface area contributed by atoms with Crippen LogP contribution >= 0.6 is 23.2 Å². The summed E-state index contributed by atoms with van der Waals surface area (Å²) >= 11 is 12.0. The summed E-state index contributed by atoms with van der Waals surface area (Å²) in [6.45, 7) is 5.88. The molecule has 2 aromatic carbocycles. The second-order valence-corrected chi connectivity index (χ2v) is 7.59. The van der Waals surface area contributed by atoms with E-state index in [2.05, 4.69) is 5.32 Å². The zero-order valence-electron chi connectivity index (χ0n) is 15.7. The van der Waals surface area contributed by atoms with Crippen molar-refractivity contribution in [3.8, 4) is 0 Å². The van der Waals surface area contributed by atoms with Crippen molar-refractivity contribution >= 4 is 35.0 Å². The van der Waals surface area contributed by atoms with Gasteiger partial charge in [-0.15, -0.1) is 0 Å². The van der Waals surface area contributed by atoms with Crippen LogP contribution in [0.3, 0.4) is 0 Å². The molecular formula is C21H24Cl2N2O2. The number of nitrogens with one attached hydrogen (secondary N) is 1. The van der Waals surface area contributed by atoms with E-state index in [1.165, 1.54) is 0 Å². The number of amides is 2. The van der Waals surface area contributed by atoms with Crippen LogP contribution < -0.4 is 5.32 Å². The summed E-state index contributed by atoms with van der Waals surface area (Å²) in [5, 5.41) is 3.72. The summed E-state index contributed by atoms with van der Waals surface area (Å²) in [6, 6.07) is 14.1. The second-order valence-electron chi connectivity index (χ2n) is 6.77. The molecule has 0 aliphatic rings. The van der Waals surface area contributed by atoms with Gasteiger partial charge in [-0.1, -0.05) is 59.6 Å².